The summed E-state index contributed by atoms with van der Waals surface area (Å²) in [7, 11) is 1.18. The van der Waals surface area contributed by atoms with E-state index in [1.165, 1.54) is 25.3 Å². The van der Waals surface area contributed by atoms with Crippen molar-refractivity contribution < 1.29 is 18.7 Å². The number of rotatable bonds is 5. The van der Waals surface area contributed by atoms with Gasteiger partial charge in [-0.2, -0.15) is 0 Å². The molecular weight excluding hydrogens is 287 g/mol. The zero-order valence-electron chi connectivity index (χ0n) is 11.9. The number of carbonyl (C=O) groups excluding carboxylic acids is 2. The van der Waals surface area contributed by atoms with Crippen LogP contribution in [-0.2, 0) is 4.74 Å². The van der Waals surface area contributed by atoms with Crippen LogP contribution in [0.25, 0.3) is 0 Å². The van der Waals surface area contributed by atoms with Crippen LogP contribution in [0.2, 0.25) is 0 Å². The van der Waals surface area contributed by atoms with Crippen molar-refractivity contribution >= 4 is 17.6 Å². The van der Waals surface area contributed by atoms with Gasteiger partial charge in [-0.15, -0.1) is 0 Å². The zero-order chi connectivity index (χ0) is 15.9. The Hall–Kier alpha value is -2.89. The molecule has 0 aliphatic carbocycles. The van der Waals surface area contributed by atoms with Crippen molar-refractivity contribution in [2.75, 3.05) is 12.4 Å². The van der Waals surface area contributed by atoms with Crippen LogP contribution in [0.15, 0.2) is 54.6 Å². The number of nitrogens with one attached hydrogen (secondary N) is 2. The summed E-state index contributed by atoms with van der Waals surface area (Å²) in [5.41, 5.74) is 0.487. The van der Waals surface area contributed by atoms with Crippen LogP contribution >= 0.6 is 0 Å². The van der Waals surface area contributed by atoms with Crippen LogP contribution < -0.4 is 10.6 Å². The lowest BCUT2D eigenvalue weighted by atomic mass is 10.1. The number of carbonyl (C=O) groups is 2. The number of halogens is 1. The second-order valence-corrected chi connectivity index (χ2v) is 4.42. The van der Waals surface area contributed by atoms with Crippen LogP contribution in [0.4, 0.5) is 14.9 Å². The fourth-order valence-electron chi connectivity index (χ4n) is 1.85. The number of alkyl carbamates (subject to hydrolysis) is 1. The molecule has 0 aliphatic heterocycles. The summed E-state index contributed by atoms with van der Waals surface area (Å²) in [5.74, 6) is -0.936. The van der Waals surface area contributed by atoms with Crippen molar-refractivity contribution in [1.82, 2.24) is 5.32 Å². The molecule has 0 aliphatic rings. The van der Waals surface area contributed by atoms with Gasteiger partial charge in [0.25, 0.3) is 0 Å². The molecule has 0 unspecified atom stereocenters. The summed E-state index contributed by atoms with van der Waals surface area (Å²) in [6.07, 6.45) is -1.94. The van der Waals surface area contributed by atoms with Crippen LogP contribution in [-0.4, -0.2) is 25.2 Å². The molecular formula is C16H15FN2O3. The molecule has 0 bridgehead atoms. The van der Waals surface area contributed by atoms with Crippen molar-refractivity contribution in [2.24, 2.45) is 0 Å². The number of ketones is 1. The Morgan fingerprint density at radius 2 is 1.68 bits per heavy atom. The minimum Gasteiger partial charge on any atom is -0.453 e. The SMILES string of the molecule is COC(=O)N[C@H](Nc1ccccc1F)C(=O)c1ccccc1. The number of amides is 1. The van der Waals surface area contributed by atoms with E-state index in [0.717, 1.165) is 0 Å². The number of hydrogen-bond acceptors (Lipinski definition) is 4. The smallest absolute Gasteiger partial charge is 0.408 e. The largest absolute Gasteiger partial charge is 0.453 e. The summed E-state index contributed by atoms with van der Waals surface area (Å²) in [5, 5.41) is 5.03. The van der Waals surface area contributed by atoms with Gasteiger partial charge >= 0.3 is 6.09 Å². The Balaban J connectivity index is 2.25. The van der Waals surface area contributed by atoms with Gasteiger partial charge in [0.1, 0.15) is 5.82 Å². The molecule has 6 heteroatoms. The number of para-hydroxylation sites is 1. The van der Waals surface area contributed by atoms with Crippen LogP contribution in [0.1, 0.15) is 10.4 Å². The third kappa shape index (κ3) is 3.82. The third-order valence-electron chi connectivity index (χ3n) is 2.94. The molecule has 0 saturated carbocycles. The van der Waals surface area contributed by atoms with Crippen LogP contribution in [0.3, 0.4) is 0 Å². The quantitative estimate of drug-likeness (QED) is 0.658. The summed E-state index contributed by atoms with van der Waals surface area (Å²) < 4.78 is 18.2. The van der Waals surface area contributed by atoms with Gasteiger partial charge in [0.05, 0.1) is 12.8 Å². The van der Waals surface area contributed by atoms with E-state index in [2.05, 4.69) is 15.4 Å². The number of ether oxygens (including phenoxy) is 1. The van der Waals surface area contributed by atoms with Crippen molar-refractivity contribution in [3.05, 3.63) is 66.0 Å². The topological polar surface area (TPSA) is 67.4 Å². The molecule has 5 nitrogen and oxygen atoms in total. The Kier molecular flexibility index (Phi) is 5.08. The second kappa shape index (κ2) is 7.21. The van der Waals surface area contributed by atoms with Gasteiger partial charge in [-0.1, -0.05) is 42.5 Å². The molecule has 0 spiro atoms. The van der Waals surface area contributed by atoms with E-state index in [1.807, 2.05) is 0 Å². The maximum atomic E-state index is 13.7. The molecule has 2 N–H and O–H groups in total. The predicted molar refractivity (Wildman–Crippen MR) is 80.1 cm³/mol. The molecule has 0 saturated heterocycles. The first-order valence-corrected chi connectivity index (χ1v) is 6.56. The summed E-state index contributed by atoms with van der Waals surface area (Å²) >= 11 is 0. The number of benzene rings is 2. The number of hydrogen-bond donors (Lipinski definition) is 2. The summed E-state index contributed by atoms with van der Waals surface area (Å²) in [4.78, 5) is 23.9. The Bertz CT molecular complexity index is 661. The molecule has 0 heterocycles. The highest BCUT2D eigenvalue weighted by Gasteiger charge is 2.23. The average Bonchev–Trinajstić information content (AvgIpc) is 2.56. The third-order valence-corrected chi connectivity index (χ3v) is 2.94. The van der Waals surface area contributed by atoms with Gasteiger partial charge in [-0.05, 0) is 12.1 Å². The lowest BCUT2D eigenvalue weighted by Gasteiger charge is -2.20. The number of anilines is 1. The van der Waals surface area contributed by atoms with Crippen molar-refractivity contribution in [3.63, 3.8) is 0 Å². The highest BCUT2D eigenvalue weighted by Crippen LogP contribution is 2.15. The van der Waals surface area contributed by atoms with Crippen LogP contribution in [0.5, 0.6) is 0 Å². The first-order chi connectivity index (χ1) is 10.6. The van der Waals surface area contributed by atoms with Crippen LogP contribution in [0, 0.1) is 5.82 Å². The van der Waals surface area contributed by atoms with E-state index in [1.54, 1.807) is 36.4 Å². The average molecular weight is 302 g/mol. The van der Waals surface area contributed by atoms with Gasteiger partial charge in [0, 0.05) is 5.56 Å². The van der Waals surface area contributed by atoms with Gasteiger partial charge in [-0.3, -0.25) is 10.1 Å². The normalized spacial score (nSPS) is 11.4. The molecule has 114 valence electrons. The van der Waals surface area contributed by atoms with E-state index in [-0.39, 0.29) is 5.69 Å². The Morgan fingerprint density at radius 3 is 2.32 bits per heavy atom. The fraction of sp³-hybridized carbons (Fsp3) is 0.125. The number of Topliss-reactive ketones (excluding diaryl/α,β-unsaturated/α-hetero) is 1. The number of methoxy groups -OCH3 is 1. The monoisotopic (exact) mass is 302 g/mol. The Morgan fingerprint density at radius 1 is 1.05 bits per heavy atom. The van der Waals surface area contributed by atoms with E-state index in [4.69, 9.17) is 0 Å². The molecule has 2 rings (SSSR count). The first kappa shape index (κ1) is 15.5. The predicted octanol–water partition coefficient (Wildman–Crippen LogP) is 2.80. The van der Waals surface area contributed by atoms with E-state index in [9.17, 15) is 14.0 Å². The molecule has 22 heavy (non-hydrogen) atoms. The Labute approximate surface area is 127 Å². The van der Waals surface area contributed by atoms with E-state index < -0.39 is 23.9 Å². The first-order valence-electron chi connectivity index (χ1n) is 6.56. The second-order valence-electron chi connectivity index (χ2n) is 4.42. The highest BCUT2D eigenvalue weighted by atomic mass is 19.1. The lowest BCUT2D eigenvalue weighted by Crippen LogP contribution is -2.46. The van der Waals surface area contributed by atoms with E-state index >= 15 is 0 Å². The molecule has 0 fully saturated rings. The lowest BCUT2D eigenvalue weighted by molar-refractivity contribution is 0.0944. The van der Waals surface area contributed by atoms with Gasteiger partial charge in [0.15, 0.2) is 6.17 Å². The maximum absolute atomic E-state index is 13.7. The van der Waals surface area contributed by atoms with Gasteiger partial charge in [0.2, 0.25) is 5.78 Å². The van der Waals surface area contributed by atoms with Gasteiger partial charge in [-0.25, -0.2) is 9.18 Å². The molecule has 0 radical (unpaired) electrons. The maximum Gasteiger partial charge on any atom is 0.408 e. The van der Waals surface area contributed by atoms with Crippen molar-refractivity contribution in [1.29, 1.82) is 0 Å². The fourth-order valence-corrected chi connectivity index (χ4v) is 1.85. The highest BCUT2D eigenvalue weighted by molar-refractivity contribution is 6.02. The zero-order valence-corrected chi connectivity index (χ0v) is 11.9. The van der Waals surface area contributed by atoms with Crippen molar-refractivity contribution in [2.45, 2.75) is 6.17 Å². The van der Waals surface area contributed by atoms with Crippen molar-refractivity contribution in [3.8, 4) is 0 Å². The minimum atomic E-state index is -1.15. The molecule has 2 aromatic rings. The van der Waals surface area contributed by atoms with Gasteiger partial charge < -0.3 is 10.1 Å². The molecule has 1 atom stereocenters. The minimum absolute atomic E-state index is 0.105. The summed E-state index contributed by atoms with van der Waals surface area (Å²) in [6, 6.07) is 14.3. The molecule has 2 aromatic carbocycles. The van der Waals surface area contributed by atoms with E-state index in [0.29, 0.717) is 5.56 Å². The molecule has 0 aromatic heterocycles. The summed E-state index contributed by atoms with van der Waals surface area (Å²) in [6.45, 7) is 0. The molecule has 1 amide bonds. The standard InChI is InChI=1S/C16H15FN2O3/c1-22-16(21)19-15(14(20)11-7-3-2-4-8-11)18-13-10-6-5-9-12(13)17/h2-10,15,18H,1H3,(H,19,21)/t15-/m0/s1.